The minimum atomic E-state index is -0.789. The highest BCUT2D eigenvalue weighted by atomic mass is 16.5. The molecule has 1 saturated heterocycles. The fourth-order valence-corrected chi connectivity index (χ4v) is 4.72. The van der Waals surface area contributed by atoms with Crippen LogP contribution in [0.15, 0.2) is 84.6 Å². The first kappa shape index (κ1) is 23.2. The molecule has 0 bridgehead atoms. The van der Waals surface area contributed by atoms with Crippen LogP contribution >= 0.6 is 0 Å². The lowest BCUT2D eigenvalue weighted by molar-refractivity contribution is -0.139. The minimum Gasteiger partial charge on any atom is -0.508 e. The summed E-state index contributed by atoms with van der Waals surface area (Å²) in [5.74, 6) is -0.938. The Morgan fingerprint density at radius 1 is 1.00 bits per heavy atom. The van der Waals surface area contributed by atoms with Crippen molar-refractivity contribution in [2.45, 2.75) is 19.4 Å². The molecule has 1 fully saturated rings. The topological polar surface area (TPSA) is 103 Å². The van der Waals surface area contributed by atoms with Gasteiger partial charge in [-0.3, -0.25) is 9.59 Å². The van der Waals surface area contributed by atoms with Crippen LogP contribution in [0.4, 0.5) is 0 Å². The molecule has 0 spiro atoms. The van der Waals surface area contributed by atoms with Gasteiger partial charge < -0.3 is 24.8 Å². The molecule has 1 aliphatic heterocycles. The fraction of sp³-hybridized carbons (Fsp3) is 0.172. The summed E-state index contributed by atoms with van der Waals surface area (Å²) < 4.78 is 5.47. The molecule has 1 amide bonds. The molecule has 7 nitrogen and oxygen atoms in total. The number of hydrogen-bond donors (Lipinski definition) is 3. The standard InChI is InChI=1S/C29H26N2O5/c1-2-36-22-13-9-19(10-14-22)27(33)25-26(18-7-11-21(32)12-8-18)31(29(35)28(25)34)16-15-20-17-30-24-6-4-3-5-23(20)24/h3-14,17,26,30,32-33H,2,15-16H2,1H3/b27-25-. The Morgan fingerprint density at radius 2 is 1.72 bits per heavy atom. The Hall–Kier alpha value is -4.52. The summed E-state index contributed by atoms with van der Waals surface area (Å²) >= 11 is 0. The van der Waals surface area contributed by atoms with Gasteiger partial charge in [-0.15, -0.1) is 0 Å². The van der Waals surface area contributed by atoms with Gasteiger partial charge in [-0.25, -0.2) is 0 Å². The maximum Gasteiger partial charge on any atom is 0.295 e. The normalized spacial score (nSPS) is 17.1. The van der Waals surface area contributed by atoms with Gasteiger partial charge in [0.2, 0.25) is 0 Å². The average Bonchev–Trinajstić information content (AvgIpc) is 3.42. The molecule has 0 radical (unpaired) electrons. The number of phenols is 1. The van der Waals surface area contributed by atoms with Gasteiger partial charge in [0, 0.05) is 29.2 Å². The van der Waals surface area contributed by atoms with E-state index in [1.807, 2.05) is 37.4 Å². The number of ether oxygens (including phenoxy) is 1. The predicted octanol–water partition coefficient (Wildman–Crippen LogP) is 4.94. The lowest BCUT2D eigenvalue weighted by Gasteiger charge is -2.25. The first-order valence-electron chi connectivity index (χ1n) is 11.8. The monoisotopic (exact) mass is 482 g/mol. The van der Waals surface area contributed by atoms with Gasteiger partial charge in [0.25, 0.3) is 11.7 Å². The van der Waals surface area contributed by atoms with Crippen molar-refractivity contribution in [3.8, 4) is 11.5 Å². The molecule has 182 valence electrons. The number of aromatic nitrogens is 1. The second kappa shape index (κ2) is 9.62. The number of para-hydroxylation sites is 1. The molecule has 7 heteroatoms. The van der Waals surface area contributed by atoms with Gasteiger partial charge in [0.1, 0.15) is 17.3 Å². The SMILES string of the molecule is CCOc1ccc(/C(O)=C2/C(=O)C(=O)N(CCc3c[nH]c4ccccc34)C2c2ccc(O)cc2)cc1. The number of rotatable bonds is 7. The van der Waals surface area contributed by atoms with E-state index in [9.17, 15) is 19.8 Å². The number of aliphatic hydroxyl groups is 1. The molecular formula is C29H26N2O5. The number of H-pyrrole nitrogens is 1. The van der Waals surface area contributed by atoms with Gasteiger partial charge in [-0.05, 0) is 66.9 Å². The van der Waals surface area contributed by atoms with Crippen molar-refractivity contribution < 1.29 is 24.5 Å². The number of aliphatic hydroxyl groups excluding tert-OH is 1. The predicted molar refractivity (Wildman–Crippen MR) is 137 cm³/mol. The van der Waals surface area contributed by atoms with Crippen LogP contribution in [0, 0.1) is 0 Å². The number of likely N-dealkylation sites (tertiary alicyclic amines) is 1. The Bertz CT molecular complexity index is 1450. The third-order valence-corrected chi connectivity index (χ3v) is 6.48. The van der Waals surface area contributed by atoms with Crippen LogP contribution in [-0.4, -0.2) is 44.9 Å². The minimum absolute atomic E-state index is 0.0220. The van der Waals surface area contributed by atoms with Gasteiger partial charge in [0.15, 0.2) is 0 Å². The van der Waals surface area contributed by atoms with E-state index in [4.69, 9.17) is 4.74 Å². The van der Waals surface area contributed by atoms with Gasteiger partial charge >= 0.3 is 0 Å². The Balaban J connectivity index is 1.54. The Labute approximate surface area is 208 Å². The number of fused-ring (bicyclic) bond motifs is 1. The molecule has 0 aliphatic carbocycles. The van der Waals surface area contributed by atoms with Crippen LogP contribution in [0.25, 0.3) is 16.7 Å². The number of ketones is 1. The van der Waals surface area contributed by atoms with Gasteiger partial charge in [-0.2, -0.15) is 0 Å². The molecule has 3 aromatic carbocycles. The molecule has 5 rings (SSSR count). The maximum absolute atomic E-state index is 13.2. The average molecular weight is 483 g/mol. The quantitative estimate of drug-likeness (QED) is 0.197. The first-order chi connectivity index (χ1) is 17.5. The van der Waals surface area contributed by atoms with Crippen molar-refractivity contribution in [1.29, 1.82) is 0 Å². The van der Waals surface area contributed by atoms with Crippen molar-refractivity contribution in [3.05, 3.63) is 101 Å². The van der Waals surface area contributed by atoms with Crippen molar-refractivity contribution in [2.75, 3.05) is 13.2 Å². The summed E-state index contributed by atoms with van der Waals surface area (Å²) in [7, 11) is 0. The number of aromatic hydroxyl groups is 1. The summed E-state index contributed by atoms with van der Waals surface area (Å²) in [4.78, 5) is 31.2. The van der Waals surface area contributed by atoms with E-state index in [1.165, 1.54) is 17.0 Å². The molecule has 0 saturated carbocycles. The number of nitrogens with one attached hydrogen (secondary N) is 1. The highest BCUT2D eigenvalue weighted by Gasteiger charge is 2.45. The maximum atomic E-state index is 13.2. The largest absolute Gasteiger partial charge is 0.508 e. The lowest BCUT2D eigenvalue weighted by Crippen LogP contribution is -2.31. The summed E-state index contributed by atoms with van der Waals surface area (Å²) in [6.07, 6.45) is 2.44. The number of Topliss-reactive ketones (excluding diaryl/α,β-unsaturated/α-hetero) is 1. The fourth-order valence-electron chi connectivity index (χ4n) is 4.72. The number of carbonyl (C=O) groups excluding carboxylic acids is 2. The van der Waals surface area contributed by atoms with E-state index >= 15 is 0 Å². The van der Waals surface area contributed by atoms with Crippen LogP contribution in [0.2, 0.25) is 0 Å². The summed E-state index contributed by atoms with van der Waals surface area (Å²) in [6.45, 7) is 2.66. The number of hydrogen-bond acceptors (Lipinski definition) is 5. The van der Waals surface area contributed by atoms with Crippen LogP contribution in [0.5, 0.6) is 11.5 Å². The van der Waals surface area contributed by atoms with Crippen molar-refractivity contribution in [2.24, 2.45) is 0 Å². The van der Waals surface area contributed by atoms with Crippen molar-refractivity contribution in [3.63, 3.8) is 0 Å². The Morgan fingerprint density at radius 3 is 2.44 bits per heavy atom. The first-order valence-corrected chi connectivity index (χ1v) is 11.8. The number of amides is 1. The highest BCUT2D eigenvalue weighted by Crippen LogP contribution is 2.40. The zero-order chi connectivity index (χ0) is 25.2. The van der Waals surface area contributed by atoms with Crippen LogP contribution in [0.3, 0.4) is 0 Å². The molecule has 1 unspecified atom stereocenters. The number of carbonyl (C=O) groups is 2. The number of nitrogens with zero attached hydrogens (tertiary/aromatic N) is 1. The summed E-state index contributed by atoms with van der Waals surface area (Å²) in [6, 6.07) is 20.2. The van der Waals surface area contributed by atoms with E-state index in [-0.39, 0.29) is 23.6 Å². The van der Waals surface area contributed by atoms with Crippen LogP contribution in [0.1, 0.15) is 29.7 Å². The second-order valence-electron chi connectivity index (χ2n) is 8.65. The molecule has 1 atom stereocenters. The van der Waals surface area contributed by atoms with Crippen LogP contribution in [-0.2, 0) is 16.0 Å². The van der Waals surface area contributed by atoms with E-state index in [0.29, 0.717) is 29.9 Å². The molecule has 2 heterocycles. The molecule has 36 heavy (non-hydrogen) atoms. The zero-order valence-corrected chi connectivity index (χ0v) is 19.8. The third kappa shape index (κ3) is 4.20. The van der Waals surface area contributed by atoms with Gasteiger partial charge in [0.05, 0.1) is 18.2 Å². The second-order valence-corrected chi connectivity index (χ2v) is 8.65. The summed E-state index contributed by atoms with van der Waals surface area (Å²) in [5, 5.41) is 22.1. The third-order valence-electron chi connectivity index (χ3n) is 6.48. The molecule has 1 aromatic heterocycles. The number of phenolic OH excluding ortho intramolecular Hbond substituents is 1. The van der Waals surface area contributed by atoms with Crippen molar-refractivity contribution in [1.82, 2.24) is 9.88 Å². The summed E-state index contributed by atoms with van der Waals surface area (Å²) in [5.41, 5.74) is 3.09. The highest BCUT2D eigenvalue weighted by molar-refractivity contribution is 6.46. The van der Waals surface area contributed by atoms with E-state index in [2.05, 4.69) is 4.98 Å². The van der Waals surface area contributed by atoms with Crippen LogP contribution < -0.4 is 4.74 Å². The molecule has 1 aliphatic rings. The van der Waals surface area contributed by atoms with E-state index in [0.717, 1.165) is 16.5 Å². The molecular weight excluding hydrogens is 456 g/mol. The van der Waals surface area contributed by atoms with Crippen molar-refractivity contribution >= 4 is 28.4 Å². The smallest absolute Gasteiger partial charge is 0.295 e. The zero-order valence-electron chi connectivity index (χ0n) is 19.8. The Kier molecular flexibility index (Phi) is 6.21. The molecule has 3 N–H and O–H groups in total. The lowest BCUT2D eigenvalue weighted by atomic mass is 9.95. The van der Waals surface area contributed by atoms with E-state index in [1.54, 1.807) is 36.4 Å². The van der Waals surface area contributed by atoms with E-state index < -0.39 is 17.7 Å². The number of benzene rings is 3. The van der Waals surface area contributed by atoms with Gasteiger partial charge in [-0.1, -0.05) is 30.3 Å². The molecule has 4 aromatic rings. The number of aromatic amines is 1.